The Labute approximate surface area is 103 Å². The third-order valence-electron chi connectivity index (χ3n) is 4.47. The van der Waals surface area contributed by atoms with E-state index in [1.807, 2.05) is 0 Å². The number of nitriles is 1. The van der Waals surface area contributed by atoms with Gasteiger partial charge in [0.2, 0.25) is 0 Å². The number of nitrogens with zero attached hydrogens (tertiary/aromatic N) is 2. The molecule has 0 aromatic heterocycles. The minimum atomic E-state index is 0.264. The van der Waals surface area contributed by atoms with Gasteiger partial charge in [0.25, 0.3) is 0 Å². The predicted molar refractivity (Wildman–Crippen MR) is 67.1 cm³/mol. The molecule has 1 atom stereocenters. The average Bonchev–Trinajstić information content (AvgIpc) is 2.69. The van der Waals surface area contributed by atoms with E-state index in [1.165, 1.54) is 24.8 Å². The number of hydrogen-bond acceptors (Lipinski definition) is 2. The van der Waals surface area contributed by atoms with Crippen molar-refractivity contribution >= 4 is 0 Å². The van der Waals surface area contributed by atoms with Crippen molar-refractivity contribution in [1.29, 1.82) is 5.26 Å². The summed E-state index contributed by atoms with van der Waals surface area (Å²) >= 11 is 0. The molecule has 1 aromatic carbocycles. The van der Waals surface area contributed by atoms with Crippen LogP contribution in [-0.2, 0) is 6.54 Å². The molecule has 1 heterocycles. The van der Waals surface area contributed by atoms with E-state index in [2.05, 4.69) is 41.3 Å². The first-order valence-corrected chi connectivity index (χ1v) is 6.48. The van der Waals surface area contributed by atoms with Crippen LogP contribution in [0.5, 0.6) is 0 Å². The van der Waals surface area contributed by atoms with Crippen molar-refractivity contribution in [3.05, 3.63) is 35.9 Å². The fraction of sp³-hybridized carbons (Fsp3) is 0.533. The van der Waals surface area contributed by atoms with Crippen molar-refractivity contribution < 1.29 is 0 Å². The number of benzene rings is 1. The van der Waals surface area contributed by atoms with E-state index < -0.39 is 0 Å². The Morgan fingerprint density at radius 2 is 2.06 bits per heavy atom. The molecule has 1 aliphatic carbocycles. The Morgan fingerprint density at radius 3 is 2.59 bits per heavy atom. The Kier molecular flexibility index (Phi) is 2.64. The van der Waals surface area contributed by atoms with E-state index in [1.54, 1.807) is 0 Å². The van der Waals surface area contributed by atoms with Crippen molar-refractivity contribution in [2.24, 2.45) is 11.3 Å². The first kappa shape index (κ1) is 10.8. The van der Waals surface area contributed by atoms with Crippen LogP contribution in [0.2, 0.25) is 0 Å². The SMILES string of the molecule is N#CC1CN(Cc2ccccc2)CC12CCC2. The van der Waals surface area contributed by atoms with Crippen molar-refractivity contribution in [2.75, 3.05) is 13.1 Å². The van der Waals surface area contributed by atoms with E-state index >= 15 is 0 Å². The molecule has 0 amide bonds. The first-order valence-electron chi connectivity index (χ1n) is 6.48. The van der Waals surface area contributed by atoms with Crippen molar-refractivity contribution in [2.45, 2.75) is 25.8 Å². The molecule has 1 aromatic rings. The highest BCUT2D eigenvalue weighted by molar-refractivity contribution is 5.16. The predicted octanol–water partition coefficient (Wildman–Crippen LogP) is 2.81. The maximum atomic E-state index is 9.27. The lowest BCUT2D eigenvalue weighted by Gasteiger charge is -2.40. The third-order valence-corrected chi connectivity index (χ3v) is 4.47. The minimum Gasteiger partial charge on any atom is -0.297 e. The van der Waals surface area contributed by atoms with E-state index in [4.69, 9.17) is 0 Å². The van der Waals surface area contributed by atoms with E-state index in [9.17, 15) is 5.26 Å². The van der Waals surface area contributed by atoms with Crippen LogP contribution in [0.1, 0.15) is 24.8 Å². The van der Waals surface area contributed by atoms with Gasteiger partial charge in [-0.3, -0.25) is 4.90 Å². The number of hydrogen-bond donors (Lipinski definition) is 0. The van der Waals surface area contributed by atoms with Crippen LogP contribution in [0.15, 0.2) is 30.3 Å². The lowest BCUT2D eigenvalue weighted by Crippen LogP contribution is -2.37. The Balaban J connectivity index is 1.69. The highest BCUT2D eigenvalue weighted by Crippen LogP contribution is 2.51. The molecule has 2 heteroatoms. The zero-order valence-electron chi connectivity index (χ0n) is 10.1. The fourth-order valence-electron chi connectivity index (χ4n) is 3.35. The second-order valence-electron chi connectivity index (χ2n) is 5.55. The summed E-state index contributed by atoms with van der Waals surface area (Å²) in [6, 6.07) is 13.1. The lowest BCUT2D eigenvalue weighted by molar-refractivity contribution is 0.112. The van der Waals surface area contributed by atoms with Crippen molar-refractivity contribution in [3.8, 4) is 6.07 Å². The highest BCUT2D eigenvalue weighted by atomic mass is 15.2. The van der Waals surface area contributed by atoms with Crippen molar-refractivity contribution in [1.82, 2.24) is 4.90 Å². The minimum absolute atomic E-state index is 0.264. The van der Waals surface area contributed by atoms with Gasteiger partial charge < -0.3 is 0 Å². The fourth-order valence-corrected chi connectivity index (χ4v) is 3.35. The second kappa shape index (κ2) is 4.16. The van der Waals surface area contributed by atoms with E-state index in [-0.39, 0.29) is 5.92 Å². The summed E-state index contributed by atoms with van der Waals surface area (Å²) in [7, 11) is 0. The number of rotatable bonds is 2. The Morgan fingerprint density at radius 1 is 1.29 bits per heavy atom. The van der Waals surface area contributed by atoms with Gasteiger partial charge in [-0.2, -0.15) is 5.26 Å². The van der Waals surface area contributed by atoms with Crippen LogP contribution in [0.25, 0.3) is 0 Å². The third kappa shape index (κ3) is 1.85. The summed E-state index contributed by atoms with van der Waals surface area (Å²) < 4.78 is 0. The first-order chi connectivity index (χ1) is 8.32. The van der Waals surface area contributed by atoms with Gasteiger partial charge in [-0.05, 0) is 18.4 Å². The summed E-state index contributed by atoms with van der Waals surface area (Å²) in [5.74, 6) is 0.264. The molecule has 88 valence electrons. The standard InChI is InChI=1S/C15H18N2/c16-9-14-11-17(12-15(14)7-4-8-15)10-13-5-2-1-3-6-13/h1-3,5-6,14H,4,7-8,10-12H2. The van der Waals surface area contributed by atoms with E-state index in [0.717, 1.165) is 19.6 Å². The largest absolute Gasteiger partial charge is 0.297 e. The molecule has 1 spiro atoms. The molecular weight excluding hydrogens is 208 g/mol. The summed E-state index contributed by atoms with van der Waals surface area (Å²) in [4.78, 5) is 2.46. The smallest absolute Gasteiger partial charge is 0.0675 e. The molecule has 1 saturated carbocycles. The van der Waals surface area contributed by atoms with Gasteiger partial charge in [0.1, 0.15) is 0 Å². The quantitative estimate of drug-likeness (QED) is 0.775. The summed E-state index contributed by atoms with van der Waals surface area (Å²) in [5, 5.41) is 9.27. The Hall–Kier alpha value is -1.33. The highest BCUT2D eigenvalue weighted by Gasteiger charge is 2.50. The second-order valence-corrected chi connectivity index (χ2v) is 5.55. The molecule has 2 fully saturated rings. The molecule has 0 N–H and O–H groups in total. The van der Waals surface area contributed by atoms with Crippen LogP contribution >= 0.6 is 0 Å². The lowest BCUT2D eigenvalue weighted by atomic mass is 9.63. The average molecular weight is 226 g/mol. The Bertz CT molecular complexity index is 428. The summed E-state index contributed by atoms with van der Waals surface area (Å²) in [6.45, 7) is 3.09. The van der Waals surface area contributed by atoms with Gasteiger partial charge in [-0.15, -0.1) is 0 Å². The molecule has 17 heavy (non-hydrogen) atoms. The normalized spacial score (nSPS) is 26.6. The van der Waals surface area contributed by atoms with Gasteiger partial charge in [0.05, 0.1) is 12.0 Å². The van der Waals surface area contributed by atoms with Gasteiger partial charge in [0, 0.05) is 25.0 Å². The van der Waals surface area contributed by atoms with Gasteiger partial charge in [0.15, 0.2) is 0 Å². The zero-order valence-corrected chi connectivity index (χ0v) is 10.1. The maximum Gasteiger partial charge on any atom is 0.0675 e. The molecule has 2 nitrogen and oxygen atoms in total. The molecule has 0 radical (unpaired) electrons. The van der Waals surface area contributed by atoms with Gasteiger partial charge in [-0.1, -0.05) is 36.8 Å². The molecule has 1 saturated heterocycles. The van der Waals surface area contributed by atoms with Crippen LogP contribution in [0.4, 0.5) is 0 Å². The van der Waals surface area contributed by atoms with Crippen LogP contribution in [0.3, 0.4) is 0 Å². The molecule has 0 bridgehead atoms. The number of likely N-dealkylation sites (tertiary alicyclic amines) is 1. The van der Waals surface area contributed by atoms with Gasteiger partial charge >= 0.3 is 0 Å². The van der Waals surface area contributed by atoms with Crippen molar-refractivity contribution in [3.63, 3.8) is 0 Å². The molecular formula is C15H18N2. The topological polar surface area (TPSA) is 27.0 Å². The molecule has 3 rings (SSSR count). The summed E-state index contributed by atoms with van der Waals surface area (Å²) in [6.07, 6.45) is 3.84. The molecule has 2 aliphatic rings. The molecule has 1 aliphatic heterocycles. The van der Waals surface area contributed by atoms with Crippen LogP contribution < -0.4 is 0 Å². The van der Waals surface area contributed by atoms with E-state index in [0.29, 0.717) is 5.41 Å². The zero-order chi connectivity index (χ0) is 11.7. The molecule has 1 unspecified atom stereocenters. The van der Waals surface area contributed by atoms with Gasteiger partial charge in [-0.25, -0.2) is 0 Å². The van der Waals surface area contributed by atoms with Crippen LogP contribution in [0, 0.1) is 22.7 Å². The van der Waals surface area contributed by atoms with Crippen LogP contribution in [-0.4, -0.2) is 18.0 Å². The summed E-state index contributed by atoms with van der Waals surface area (Å²) in [5.41, 5.74) is 1.71. The maximum absolute atomic E-state index is 9.27. The monoisotopic (exact) mass is 226 g/mol.